The second-order valence-electron chi connectivity index (χ2n) is 2.19. The topological polar surface area (TPSA) is 20.3 Å². The van der Waals surface area contributed by atoms with Gasteiger partial charge in [0.1, 0.15) is 0 Å². The van der Waals surface area contributed by atoms with E-state index in [2.05, 4.69) is 12.2 Å². The number of hydrogen-bond acceptors (Lipinski definition) is 1. The van der Waals surface area contributed by atoms with Gasteiger partial charge in [-0.2, -0.15) is 0 Å². The zero-order valence-electron chi connectivity index (χ0n) is 5.42. The Morgan fingerprint density at radius 2 is 1.78 bits per heavy atom. The van der Waals surface area contributed by atoms with Gasteiger partial charge in [-0.05, 0) is 12.8 Å². The van der Waals surface area contributed by atoms with E-state index in [0.29, 0.717) is 0 Å². The lowest BCUT2D eigenvalue weighted by atomic mass is 10.4. The lowest BCUT2D eigenvalue weighted by molar-refractivity contribution is -0.118. The monoisotopic (exact) mass is 125 g/mol. The largest absolute Gasteiger partial charge is 0.345 e. The van der Waals surface area contributed by atoms with Gasteiger partial charge < -0.3 is 4.90 Å². The van der Waals surface area contributed by atoms with Gasteiger partial charge in [-0.1, -0.05) is 12.2 Å². The average molecular weight is 125 g/mol. The van der Waals surface area contributed by atoms with Crippen LogP contribution < -0.4 is 0 Å². The molecule has 50 valence electrons. The molecule has 0 unspecified atom stereocenters. The van der Waals surface area contributed by atoms with Crippen molar-refractivity contribution in [1.29, 1.82) is 0 Å². The molecule has 0 atom stereocenters. The van der Waals surface area contributed by atoms with Crippen molar-refractivity contribution in [1.82, 2.24) is 4.90 Å². The number of nitrogens with zero attached hydrogens (tertiary/aromatic N) is 1. The molecule has 0 aromatic rings. The van der Waals surface area contributed by atoms with Crippen LogP contribution in [0.1, 0.15) is 12.8 Å². The number of rotatable bonds is 1. The van der Waals surface area contributed by atoms with Gasteiger partial charge in [0, 0.05) is 13.1 Å². The summed E-state index contributed by atoms with van der Waals surface area (Å²) in [6.45, 7) is 1.78. The zero-order chi connectivity index (χ0) is 6.53. The molecule has 1 rings (SSSR count). The molecule has 0 aromatic carbocycles. The van der Waals surface area contributed by atoms with E-state index in [1.807, 2.05) is 0 Å². The van der Waals surface area contributed by atoms with Crippen LogP contribution in [-0.4, -0.2) is 24.4 Å². The number of carbonyl (C=O) groups is 1. The predicted molar refractivity (Wildman–Crippen MR) is 36.0 cm³/mol. The van der Waals surface area contributed by atoms with Crippen LogP contribution in [0, 0.1) is 0 Å². The normalized spacial score (nSPS) is 19.3. The Morgan fingerprint density at radius 1 is 1.22 bits per heavy atom. The van der Waals surface area contributed by atoms with Crippen LogP contribution in [0.3, 0.4) is 0 Å². The molecule has 0 saturated heterocycles. The Bertz CT molecular complexity index is 110. The summed E-state index contributed by atoms with van der Waals surface area (Å²) < 4.78 is 0. The highest BCUT2D eigenvalue weighted by atomic mass is 16.1. The predicted octanol–water partition coefficient (Wildman–Crippen LogP) is 0.795. The molecule has 2 nitrogen and oxygen atoms in total. The molecule has 0 spiro atoms. The summed E-state index contributed by atoms with van der Waals surface area (Å²) in [4.78, 5) is 12.0. The quantitative estimate of drug-likeness (QED) is 0.375. The van der Waals surface area contributed by atoms with E-state index in [-0.39, 0.29) is 0 Å². The maximum atomic E-state index is 10.2. The van der Waals surface area contributed by atoms with E-state index in [0.717, 1.165) is 32.3 Å². The third kappa shape index (κ3) is 1.88. The molecule has 0 bridgehead atoms. The van der Waals surface area contributed by atoms with Crippen LogP contribution in [0.4, 0.5) is 0 Å². The molecule has 9 heavy (non-hydrogen) atoms. The molecule has 1 aliphatic heterocycles. The average Bonchev–Trinajstić information content (AvgIpc) is 2.13. The molecule has 0 aliphatic carbocycles. The number of carbonyl (C=O) groups excluding carboxylic acids is 1. The van der Waals surface area contributed by atoms with Gasteiger partial charge in [0.2, 0.25) is 6.41 Å². The minimum Gasteiger partial charge on any atom is -0.345 e. The molecule has 0 saturated carbocycles. The van der Waals surface area contributed by atoms with Crippen molar-refractivity contribution in [3.63, 3.8) is 0 Å². The van der Waals surface area contributed by atoms with E-state index >= 15 is 0 Å². The maximum Gasteiger partial charge on any atom is 0.209 e. The molecule has 1 heterocycles. The van der Waals surface area contributed by atoms with Gasteiger partial charge in [0.05, 0.1) is 0 Å². The van der Waals surface area contributed by atoms with E-state index < -0.39 is 0 Å². The minimum absolute atomic E-state index is 0.889. The summed E-state index contributed by atoms with van der Waals surface area (Å²) in [6.07, 6.45) is 7.21. The summed E-state index contributed by atoms with van der Waals surface area (Å²) in [5.41, 5.74) is 0. The van der Waals surface area contributed by atoms with Crippen molar-refractivity contribution >= 4 is 6.41 Å². The number of hydrogen-bond donors (Lipinski definition) is 0. The molecular weight excluding hydrogens is 114 g/mol. The van der Waals surface area contributed by atoms with Gasteiger partial charge in [-0.3, -0.25) is 4.79 Å². The van der Waals surface area contributed by atoms with Crippen LogP contribution >= 0.6 is 0 Å². The molecule has 0 radical (unpaired) electrons. The van der Waals surface area contributed by atoms with Gasteiger partial charge in [-0.25, -0.2) is 0 Å². The Labute approximate surface area is 55.2 Å². The highest BCUT2D eigenvalue weighted by Crippen LogP contribution is 1.98. The summed E-state index contributed by atoms with van der Waals surface area (Å²) in [5.74, 6) is 0. The van der Waals surface area contributed by atoms with Crippen molar-refractivity contribution in [2.45, 2.75) is 12.8 Å². The molecule has 2 heteroatoms. The molecule has 0 fully saturated rings. The Morgan fingerprint density at radius 3 is 2.22 bits per heavy atom. The Kier molecular flexibility index (Phi) is 2.31. The zero-order valence-corrected chi connectivity index (χ0v) is 5.42. The Hall–Kier alpha value is -0.790. The van der Waals surface area contributed by atoms with Gasteiger partial charge in [0.15, 0.2) is 0 Å². The summed E-state index contributed by atoms with van der Waals surface area (Å²) in [6, 6.07) is 0. The van der Waals surface area contributed by atoms with E-state index in [1.54, 1.807) is 4.90 Å². The second kappa shape index (κ2) is 3.28. The van der Waals surface area contributed by atoms with E-state index in [4.69, 9.17) is 0 Å². The lowest BCUT2D eigenvalue weighted by Crippen LogP contribution is -2.22. The van der Waals surface area contributed by atoms with Gasteiger partial charge >= 0.3 is 0 Å². The lowest BCUT2D eigenvalue weighted by Gasteiger charge is -2.11. The first-order valence-electron chi connectivity index (χ1n) is 3.28. The summed E-state index contributed by atoms with van der Waals surface area (Å²) in [7, 11) is 0. The Balaban J connectivity index is 2.34. The van der Waals surface area contributed by atoms with Crippen molar-refractivity contribution in [2.75, 3.05) is 13.1 Å². The third-order valence-electron chi connectivity index (χ3n) is 1.48. The SMILES string of the molecule is O=CN1CCC=CCC1. The highest BCUT2D eigenvalue weighted by Gasteiger charge is 1.99. The number of amides is 1. The van der Waals surface area contributed by atoms with E-state index in [1.165, 1.54) is 0 Å². The van der Waals surface area contributed by atoms with Crippen LogP contribution in [0.15, 0.2) is 12.2 Å². The van der Waals surface area contributed by atoms with Crippen molar-refractivity contribution in [3.05, 3.63) is 12.2 Å². The molecule has 0 N–H and O–H groups in total. The first-order valence-corrected chi connectivity index (χ1v) is 3.28. The molecule has 1 amide bonds. The molecule has 1 aliphatic rings. The van der Waals surface area contributed by atoms with Crippen molar-refractivity contribution in [3.8, 4) is 0 Å². The first-order chi connectivity index (χ1) is 4.43. The van der Waals surface area contributed by atoms with Crippen molar-refractivity contribution in [2.24, 2.45) is 0 Å². The highest BCUT2D eigenvalue weighted by molar-refractivity contribution is 5.47. The summed E-state index contributed by atoms with van der Waals surface area (Å²) in [5, 5.41) is 0. The van der Waals surface area contributed by atoms with Gasteiger partial charge in [-0.15, -0.1) is 0 Å². The first kappa shape index (κ1) is 6.33. The maximum absolute atomic E-state index is 10.2. The van der Waals surface area contributed by atoms with Crippen LogP contribution in [0.2, 0.25) is 0 Å². The fourth-order valence-corrected chi connectivity index (χ4v) is 0.934. The van der Waals surface area contributed by atoms with Crippen LogP contribution in [-0.2, 0) is 4.79 Å². The smallest absolute Gasteiger partial charge is 0.209 e. The van der Waals surface area contributed by atoms with Crippen LogP contribution in [0.25, 0.3) is 0 Å². The molecular formula is C7H11NO. The van der Waals surface area contributed by atoms with Crippen LogP contribution in [0.5, 0.6) is 0 Å². The van der Waals surface area contributed by atoms with Crippen molar-refractivity contribution < 1.29 is 4.79 Å². The minimum atomic E-state index is 0.889. The fraction of sp³-hybridized carbons (Fsp3) is 0.571. The summed E-state index contributed by atoms with van der Waals surface area (Å²) >= 11 is 0. The second-order valence-corrected chi connectivity index (χ2v) is 2.19. The third-order valence-corrected chi connectivity index (χ3v) is 1.48. The standard InChI is InChI=1S/C7H11NO/c9-7-8-5-3-1-2-4-6-8/h1-2,7H,3-6H2. The van der Waals surface area contributed by atoms with Gasteiger partial charge in [0.25, 0.3) is 0 Å². The van der Waals surface area contributed by atoms with E-state index in [9.17, 15) is 4.79 Å². The fourth-order valence-electron chi connectivity index (χ4n) is 0.934. The molecule has 0 aromatic heterocycles.